The normalized spacial score (nSPS) is 19.6. The molecular formula is C21H26N2O2S2. The van der Waals surface area contributed by atoms with Crippen LogP contribution in [0.25, 0.3) is 11.1 Å². The van der Waals surface area contributed by atoms with Gasteiger partial charge in [-0.3, -0.25) is 0 Å². The van der Waals surface area contributed by atoms with E-state index in [4.69, 9.17) is 17.0 Å². The number of piperidine rings is 1. The van der Waals surface area contributed by atoms with Crippen LogP contribution in [0.3, 0.4) is 0 Å². The van der Waals surface area contributed by atoms with Gasteiger partial charge in [-0.05, 0) is 57.8 Å². The lowest BCUT2D eigenvalue weighted by atomic mass is 9.98. The van der Waals surface area contributed by atoms with Gasteiger partial charge in [0.05, 0.1) is 7.11 Å². The number of likely N-dealkylation sites (tertiary alicyclic amines) is 1. The van der Waals surface area contributed by atoms with Crippen molar-refractivity contribution in [3.63, 3.8) is 0 Å². The molecule has 3 rings (SSSR count). The van der Waals surface area contributed by atoms with Crippen LogP contribution in [0.1, 0.15) is 48.3 Å². The molecule has 1 aliphatic heterocycles. The van der Waals surface area contributed by atoms with Crippen molar-refractivity contribution in [3.05, 3.63) is 40.8 Å². The lowest BCUT2D eigenvalue weighted by Crippen LogP contribution is -2.49. The summed E-state index contributed by atoms with van der Waals surface area (Å²) in [5.41, 5.74) is 2.48. The Morgan fingerprint density at radius 2 is 1.85 bits per heavy atom. The molecule has 0 saturated carbocycles. The molecule has 6 heteroatoms. The van der Waals surface area contributed by atoms with Crippen molar-refractivity contribution in [3.8, 4) is 11.1 Å². The van der Waals surface area contributed by atoms with Gasteiger partial charge in [-0.15, -0.1) is 11.3 Å². The molecular weight excluding hydrogens is 376 g/mol. The second kappa shape index (κ2) is 8.40. The lowest BCUT2D eigenvalue weighted by molar-refractivity contribution is 0.0603. The molecule has 1 aromatic heterocycles. The van der Waals surface area contributed by atoms with Crippen LogP contribution >= 0.6 is 23.6 Å². The van der Waals surface area contributed by atoms with Gasteiger partial charge >= 0.3 is 5.97 Å². The number of esters is 1. The summed E-state index contributed by atoms with van der Waals surface area (Å²) >= 11 is 7.28. The van der Waals surface area contributed by atoms with Crippen molar-refractivity contribution in [2.75, 3.05) is 12.4 Å². The molecule has 2 atom stereocenters. The number of hydrogen-bond acceptors (Lipinski definition) is 4. The van der Waals surface area contributed by atoms with Gasteiger partial charge in [0, 0.05) is 22.5 Å². The van der Waals surface area contributed by atoms with Crippen LogP contribution < -0.4 is 5.32 Å². The molecule has 144 valence electrons. The molecule has 1 N–H and O–H groups in total. The van der Waals surface area contributed by atoms with E-state index in [1.54, 1.807) is 11.3 Å². The van der Waals surface area contributed by atoms with E-state index < -0.39 is 0 Å². The minimum Gasteiger partial charge on any atom is -0.465 e. The third-order valence-electron chi connectivity index (χ3n) is 5.18. The zero-order chi connectivity index (χ0) is 19.6. The summed E-state index contributed by atoms with van der Waals surface area (Å²) in [5.74, 6) is -0.344. The highest BCUT2D eigenvalue weighted by molar-refractivity contribution is 7.80. The first-order valence-electron chi connectivity index (χ1n) is 9.30. The topological polar surface area (TPSA) is 41.6 Å². The Kier molecular flexibility index (Phi) is 6.17. The van der Waals surface area contributed by atoms with Crippen LogP contribution in [-0.4, -0.2) is 35.2 Å². The summed E-state index contributed by atoms with van der Waals surface area (Å²) in [5, 5.41) is 4.80. The third kappa shape index (κ3) is 4.01. The van der Waals surface area contributed by atoms with Crippen molar-refractivity contribution in [2.45, 2.75) is 52.1 Å². The van der Waals surface area contributed by atoms with Crippen LogP contribution in [0.5, 0.6) is 0 Å². The predicted molar refractivity (Wildman–Crippen MR) is 117 cm³/mol. The second-order valence-electron chi connectivity index (χ2n) is 7.06. The van der Waals surface area contributed by atoms with Crippen molar-refractivity contribution < 1.29 is 9.53 Å². The van der Waals surface area contributed by atoms with Crippen molar-refractivity contribution >= 4 is 39.6 Å². The largest absolute Gasteiger partial charge is 0.465 e. The van der Waals surface area contributed by atoms with E-state index in [9.17, 15) is 4.79 Å². The van der Waals surface area contributed by atoms with E-state index in [1.165, 1.54) is 13.5 Å². The molecule has 1 aromatic carbocycles. The minimum absolute atomic E-state index is 0.344. The monoisotopic (exact) mass is 402 g/mol. The number of rotatable bonds is 3. The first-order valence-corrected chi connectivity index (χ1v) is 10.5. The average Bonchev–Trinajstić information content (AvgIpc) is 2.97. The van der Waals surface area contributed by atoms with Crippen LogP contribution in [0.4, 0.5) is 5.00 Å². The predicted octanol–water partition coefficient (Wildman–Crippen LogP) is 5.47. The number of nitrogens with one attached hydrogen (secondary N) is 1. The zero-order valence-electron chi connectivity index (χ0n) is 16.2. The molecule has 0 spiro atoms. The SMILES string of the molecule is COC(=O)c1c(NC(=S)N2[C@H](C)CCC[C@H]2C)sc(C)c1-c1ccccc1. The van der Waals surface area contributed by atoms with Gasteiger partial charge in [-0.1, -0.05) is 30.3 Å². The summed E-state index contributed by atoms with van der Waals surface area (Å²) < 4.78 is 5.09. The highest BCUT2D eigenvalue weighted by atomic mass is 32.1. The number of ether oxygens (including phenoxy) is 1. The summed E-state index contributed by atoms with van der Waals surface area (Å²) in [7, 11) is 1.42. The highest BCUT2D eigenvalue weighted by Gasteiger charge is 2.29. The Morgan fingerprint density at radius 3 is 2.44 bits per heavy atom. The molecule has 1 fully saturated rings. The molecule has 0 aliphatic carbocycles. The van der Waals surface area contributed by atoms with E-state index in [0.29, 0.717) is 22.8 Å². The van der Waals surface area contributed by atoms with Crippen LogP contribution in [0.2, 0.25) is 0 Å². The van der Waals surface area contributed by atoms with Gasteiger partial charge < -0.3 is 15.0 Å². The van der Waals surface area contributed by atoms with Crippen molar-refractivity contribution in [1.82, 2.24) is 4.90 Å². The van der Waals surface area contributed by atoms with E-state index in [-0.39, 0.29) is 5.97 Å². The molecule has 0 bridgehead atoms. The number of anilines is 1. The molecule has 2 heterocycles. The molecule has 1 aliphatic rings. The number of methoxy groups -OCH3 is 1. The molecule has 1 saturated heterocycles. The third-order valence-corrected chi connectivity index (χ3v) is 6.52. The summed E-state index contributed by atoms with van der Waals surface area (Å²) in [6.45, 7) is 6.44. The molecule has 2 aromatic rings. The van der Waals surface area contributed by atoms with E-state index in [2.05, 4.69) is 24.1 Å². The quantitative estimate of drug-likeness (QED) is 0.545. The maximum atomic E-state index is 12.6. The number of nitrogens with zero attached hydrogens (tertiary/aromatic N) is 1. The highest BCUT2D eigenvalue weighted by Crippen LogP contribution is 2.40. The standard InChI is InChI=1S/C21H26N2O2S2/c1-13-9-8-10-14(2)23(13)21(26)22-19-18(20(24)25-4)17(15(3)27-19)16-11-6-5-7-12-16/h5-7,11-14H,8-10H2,1-4H3,(H,22,26)/t13-,14-/m1/s1. The maximum absolute atomic E-state index is 12.6. The first-order chi connectivity index (χ1) is 12.9. The van der Waals surface area contributed by atoms with Gasteiger partial charge in [-0.25, -0.2) is 4.79 Å². The van der Waals surface area contributed by atoms with Crippen LogP contribution in [-0.2, 0) is 4.74 Å². The number of thiophene rings is 1. The fourth-order valence-electron chi connectivity index (χ4n) is 3.87. The summed E-state index contributed by atoms with van der Waals surface area (Å²) in [6, 6.07) is 10.7. The van der Waals surface area contributed by atoms with E-state index >= 15 is 0 Å². The number of hydrogen-bond donors (Lipinski definition) is 1. The number of aryl methyl sites for hydroxylation is 1. The van der Waals surface area contributed by atoms with Crippen LogP contribution in [0, 0.1) is 6.92 Å². The lowest BCUT2D eigenvalue weighted by Gasteiger charge is -2.40. The summed E-state index contributed by atoms with van der Waals surface area (Å²) in [4.78, 5) is 15.9. The molecule has 0 amide bonds. The van der Waals surface area contributed by atoms with Gasteiger partial charge in [-0.2, -0.15) is 0 Å². The maximum Gasteiger partial charge on any atom is 0.341 e. The fraction of sp³-hybridized carbons (Fsp3) is 0.429. The minimum atomic E-state index is -0.344. The number of carbonyl (C=O) groups is 1. The number of benzene rings is 1. The Balaban J connectivity index is 1.98. The van der Waals surface area contributed by atoms with E-state index in [1.807, 2.05) is 37.3 Å². The van der Waals surface area contributed by atoms with Gasteiger partial charge in [0.25, 0.3) is 0 Å². The van der Waals surface area contributed by atoms with Crippen LogP contribution in [0.15, 0.2) is 30.3 Å². The second-order valence-corrected chi connectivity index (χ2v) is 8.67. The van der Waals surface area contributed by atoms with Crippen molar-refractivity contribution in [1.29, 1.82) is 0 Å². The Hall–Kier alpha value is -1.92. The number of thiocarbonyl (C=S) groups is 1. The molecule has 0 unspecified atom stereocenters. The Bertz CT molecular complexity index is 822. The fourth-order valence-corrected chi connectivity index (χ4v) is 5.46. The van der Waals surface area contributed by atoms with Gasteiger partial charge in [0.2, 0.25) is 0 Å². The smallest absolute Gasteiger partial charge is 0.341 e. The van der Waals surface area contributed by atoms with Gasteiger partial charge in [0.1, 0.15) is 10.6 Å². The van der Waals surface area contributed by atoms with Crippen molar-refractivity contribution in [2.24, 2.45) is 0 Å². The van der Waals surface area contributed by atoms with E-state index in [0.717, 1.165) is 33.8 Å². The molecule has 0 radical (unpaired) electrons. The molecule has 4 nitrogen and oxygen atoms in total. The average molecular weight is 403 g/mol. The van der Waals surface area contributed by atoms with Gasteiger partial charge in [0.15, 0.2) is 5.11 Å². The Labute approximate surface area is 170 Å². The zero-order valence-corrected chi connectivity index (χ0v) is 17.9. The molecule has 27 heavy (non-hydrogen) atoms. The Morgan fingerprint density at radius 1 is 1.22 bits per heavy atom. The summed E-state index contributed by atoms with van der Waals surface area (Å²) in [6.07, 6.45) is 3.49. The first kappa shape index (κ1) is 19.8. The number of carbonyl (C=O) groups excluding carboxylic acids is 1.